The van der Waals surface area contributed by atoms with E-state index >= 15 is 0 Å². The molecule has 0 spiro atoms. The summed E-state index contributed by atoms with van der Waals surface area (Å²) in [4.78, 5) is 11.8. The Hall–Kier alpha value is -0.530. The molecule has 1 saturated heterocycles. The molecular weight excluding hydrogens is 392 g/mol. The van der Waals surface area contributed by atoms with E-state index in [4.69, 9.17) is 4.74 Å². The molecule has 1 heterocycles. The first-order chi connectivity index (χ1) is 15.8. The number of hydrogen-bond acceptors (Lipinski definition) is 2. The molecule has 0 saturated carbocycles. The Morgan fingerprint density at radius 2 is 0.781 bits per heavy atom. The Balaban J connectivity index is 1.84. The summed E-state index contributed by atoms with van der Waals surface area (Å²) in [7, 11) is 0. The van der Waals surface area contributed by atoms with E-state index < -0.39 is 0 Å². The number of cyclic esters (lactones) is 1. The van der Waals surface area contributed by atoms with E-state index in [2.05, 4.69) is 13.8 Å². The molecule has 0 aromatic heterocycles. The monoisotopic (exact) mass is 450 g/mol. The van der Waals surface area contributed by atoms with Crippen molar-refractivity contribution >= 4 is 5.97 Å². The van der Waals surface area contributed by atoms with Crippen molar-refractivity contribution < 1.29 is 9.53 Å². The minimum absolute atomic E-state index is 0.0839. The highest BCUT2D eigenvalue weighted by molar-refractivity contribution is 5.78. The van der Waals surface area contributed by atoms with E-state index in [0.29, 0.717) is 0 Å². The lowest BCUT2D eigenvalue weighted by molar-refractivity contribution is -0.186. The van der Waals surface area contributed by atoms with Crippen LogP contribution in [0.15, 0.2) is 0 Å². The molecule has 0 bridgehead atoms. The lowest BCUT2D eigenvalue weighted by Gasteiger charge is -2.35. The Morgan fingerprint density at radius 3 is 1.12 bits per heavy atom. The SMILES string of the molecule is CCCCCCCCCCCCCCCC1OC(=O)C1CCCCCCCCCCCC. The van der Waals surface area contributed by atoms with E-state index in [0.717, 1.165) is 12.8 Å². The predicted octanol–water partition coefficient (Wildman–Crippen LogP) is 10.3. The minimum atomic E-state index is 0.0839. The molecule has 190 valence electrons. The largest absolute Gasteiger partial charge is 0.461 e. The fourth-order valence-corrected chi connectivity index (χ4v) is 5.18. The van der Waals surface area contributed by atoms with Crippen LogP contribution in [0.5, 0.6) is 0 Å². The number of unbranched alkanes of at least 4 members (excludes halogenated alkanes) is 21. The van der Waals surface area contributed by atoms with Crippen molar-refractivity contribution in [2.75, 3.05) is 0 Å². The van der Waals surface area contributed by atoms with E-state index in [1.54, 1.807) is 0 Å². The molecule has 0 aromatic rings. The molecule has 0 N–H and O–H groups in total. The fraction of sp³-hybridized carbons (Fsp3) is 0.967. The molecule has 1 aliphatic rings. The van der Waals surface area contributed by atoms with Gasteiger partial charge in [0.2, 0.25) is 0 Å². The summed E-state index contributed by atoms with van der Waals surface area (Å²) in [5.74, 6) is 0.307. The first-order valence-corrected chi connectivity index (χ1v) is 15.0. The molecule has 1 aliphatic heterocycles. The van der Waals surface area contributed by atoms with Crippen molar-refractivity contribution in [3.8, 4) is 0 Å². The molecule has 0 aromatic carbocycles. The molecule has 2 nitrogen and oxygen atoms in total. The van der Waals surface area contributed by atoms with Crippen LogP contribution in [-0.4, -0.2) is 12.1 Å². The van der Waals surface area contributed by atoms with Crippen molar-refractivity contribution in [1.82, 2.24) is 0 Å². The van der Waals surface area contributed by atoms with Gasteiger partial charge in [-0.05, 0) is 19.3 Å². The number of hydrogen-bond donors (Lipinski definition) is 0. The Morgan fingerprint density at radius 1 is 0.469 bits per heavy atom. The average Bonchev–Trinajstić information content (AvgIpc) is 2.79. The Bertz CT molecular complexity index is 406. The Kier molecular flexibility index (Phi) is 20.5. The zero-order valence-corrected chi connectivity index (χ0v) is 22.1. The summed E-state index contributed by atoms with van der Waals surface area (Å²) in [6.45, 7) is 4.57. The number of ether oxygens (including phenoxy) is 1. The van der Waals surface area contributed by atoms with Crippen LogP contribution in [0.1, 0.15) is 174 Å². The number of esters is 1. The average molecular weight is 451 g/mol. The lowest BCUT2D eigenvalue weighted by Crippen LogP contribution is -2.44. The third-order valence-electron chi connectivity index (χ3n) is 7.48. The summed E-state index contributed by atoms with van der Waals surface area (Å²) in [6, 6.07) is 0. The van der Waals surface area contributed by atoms with Crippen LogP contribution in [0.25, 0.3) is 0 Å². The quantitative estimate of drug-likeness (QED) is 0.102. The Labute approximate surface area is 202 Å². The van der Waals surface area contributed by atoms with Crippen LogP contribution in [0.3, 0.4) is 0 Å². The van der Waals surface area contributed by atoms with Gasteiger partial charge in [-0.3, -0.25) is 4.79 Å². The van der Waals surface area contributed by atoms with Crippen molar-refractivity contribution in [3.63, 3.8) is 0 Å². The molecule has 1 rings (SSSR count). The molecule has 32 heavy (non-hydrogen) atoms. The zero-order chi connectivity index (χ0) is 23.1. The standard InChI is InChI=1S/C30H58O2/c1-3-5-7-9-11-13-15-16-17-19-21-23-25-27-29-28(30(31)32-29)26-24-22-20-18-14-12-10-8-6-4-2/h28-29H,3-27H2,1-2H3. The molecule has 0 amide bonds. The number of carbonyl (C=O) groups excluding carboxylic acids is 1. The lowest BCUT2D eigenvalue weighted by atomic mass is 9.87. The van der Waals surface area contributed by atoms with Gasteiger partial charge >= 0.3 is 5.97 Å². The molecule has 0 radical (unpaired) electrons. The topological polar surface area (TPSA) is 26.3 Å². The molecule has 1 fully saturated rings. The van der Waals surface area contributed by atoms with E-state index in [-0.39, 0.29) is 18.0 Å². The van der Waals surface area contributed by atoms with Crippen molar-refractivity contribution in [3.05, 3.63) is 0 Å². The maximum atomic E-state index is 11.8. The van der Waals surface area contributed by atoms with Crippen molar-refractivity contribution in [1.29, 1.82) is 0 Å². The van der Waals surface area contributed by atoms with E-state index in [9.17, 15) is 4.79 Å². The highest BCUT2D eigenvalue weighted by Crippen LogP contribution is 2.31. The number of carbonyl (C=O) groups is 1. The molecule has 2 unspecified atom stereocenters. The summed E-state index contributed by atoms with van der Waals surface area (Å²) >= 11 is 0. The second kappa shape index (κ2) is 22.3. The number of rotatable bonds is 25. The van der Waals surface area contributed by atoms with Gasteiger partial charge in [-0.25, -0.2) is 0 Å². The summed E-state index contributed by atoms with van der Waals surface area (Å²) < 4.78 is 5.46. The highest BCUT2D eigenvalue weighted by Gasteiger charge is 2.40. The second-order valence-electron chi connectivity index (χ2n) is 10.6. The van der Waals surface area contributed by atoms with Gasteiger partial charge in [0.1, 0.15) is 6.10 Å². The van der Waals surface area contributed by atoms with E-state index in [1.165, 1.54) is 148 Å². The van der Waals surface area contributed by atoms with Gasteiger partial charge in [0, 0.05) is 0 Å². The highest BCUT2D eigenvalue weighted by atomic mass is 16.6. The van der Waals surface area contributed by atoms with Gasteiger partial charge in [0.25, 0.3) is 0 Å². The smallest absolute Gasteiger partial charge is 0.313 e. The maximum absolute atomic E-state index is 11.8. The summed E-state index contributed by atoms with van der Waals surface area (Å²) in [5, 5.41) is 0. The molecular formula is C30H58O2. The maximum Gasteiger partial charge on any atom is 0.313 e. The van der Waals surface area contributed by atoms with Crippen LogP contribution in [-0.2, 0) is 9.53 Å². The molecule has 0 aliphatic carbocycles. The predicted molar refractivity (Wildman–Crippen MR) is 140 cm³/mol. The van der Waals surface area contributed by atoms with Gasteiger partial charge in [0.15, 0.2) is 0 Å². The first kappa shape index (κ1) is 29.5. The van der Waals surface area contributed by atoms with Gasteiger partial charge in [-0.15, -0.1) is 0 Å². The van der Waals surface area contributed by atoms with Gasteiger partial charge in [-0.2, -0.15) is 0 Å². The van der Waals surface area contributed by atoms with Gasteiger partial charge in [0.05, 0.1) is 5.92 Å². The van der Waals surface area contributed by atoms with E-state index in [1.807, 2.05) is 0 Å². The van der Waals surface area contributed by atoms with Crippen LogP contribution < -0.4 is 0 Å². The van der Waals surface area contributed by atoms with Crippen molar-refractivity contribution in [2.24, 2.45) is 5.92 Å². The zero-order valence-electron chi connectivity index (χ0n) is 22.1. The minimum Gasteiger partial charge on any atom is -0.461 e. The third-order valence-corrected chi connectivity index (χ3v) is 7.48. The van der Waals surface area contributed by atoms with Gasteiger partial charge < -0.3 is 4.74 Å². The van der Waals surface area contributed by atoms with Gasteiger partial charge in [-0.1, -0.05) is 155 Å². The summed E-state index contributed by atoms with van der Waals surface area (Å²) in [5.41, 5.74) is 0. The fourth-order valence-electron chi connectivity index (χ4n) is 5.18. The van der Waals surface area contributed by atoms with Crippen LogP contribution in [0, 0.1) is 5.92 Å². The second-order valence-corrected chi connectivity index (χ2v) is 10.6. The van der Waals surface area contributed by atoms with Crippen LogP contribution in [0.4, 0.5) is 0 Å². The molecule has 2 atom stereocenters. The van der Waals surface area contributed by atoms with Crippen LogP contribution in [0.2, 0.25) is 0 Å². The normalized spacial score (nSPS) is 18.0. The van der Waals surface area contributed by atoms with Crippen molar-refractivity contribution in [2.45, 2.75) is 180 Å². The molecule has 2 heteroatoms. The van der Waals surface area contributed by atoms with Crippen LogP contribution >= 0.6 is 0 Å². The third kappa shape index (κ3) is 16.1. The first-order valence-electron chi connectivity index (χ1n) is 15.0. The summed E-state index contributed by atoms with van der Waals surface area (Å²) in [6.07, 6.45) is 34.2.